The Morgan fingerprint density at radius 3 is 2.31 bits per heavy atom. The van der Waals surface area contributed by atoms with Crippen molar-refractivity contribution in [3.63, 3.8) is 0 Å². The van der Waals surface area contributed by atoms with E-state index < -0.39 is 0 Å². The third kappa shape index (κ3) is 3.57. The van der Waals surface area contributed by atoms with Crippen LogP contribution in [0.4, 0.5) is 5.69 Å². The highest BCUT2D eigenvalue weighted by molar-refractivity contribution is 5.97. The molecule has 2 aromatic carbocycles. The van der Waals surface area contributed by atoms with Gasteiger partial charge in [0.1, 0.15) is 5.75 Å². The number of benzene rings is 2. The number of carbonyl (C=O) groups excluding carboxylic acids is 2. The van der Waals surface area contributed by atoms with E-state index in [1.165, 1.54) is 0 Å². The zero-order valence-corrected chi connectivity index (χ0v) is 15.4. The molecule has 3 rings (SSSR count). The molecule has 0 aromatic heterocycles. The van der Waals surface area contributed by atoms with Gasteiger partial charge in [-0.3, -0.25) is 19.6 Å². The van der Waals surface area contributed by atoms with Crippen LogP contribution in [0.25, 0.3) is 0 Å². The van der Waals surface area contributed by atoms with Gasteiger partial charge >= 0.3 is 0 Å². The summed E-state index contributed by atoms with van der Waals surface area (Å²) in [6.45, 7) is 3.59. The molecule has 2 atom stereocenters. The maximum absolute atomic E-state index is 12.8. The second-order valence-electron chi connectivity index (χ2n) is 6.64. The minimum Gasteiger partial charge on any atom is -0.497 e. The van der Waals surface area contributed by atoms with Gasteiger partial charge < -0.3 is 4.74 Å². The number of ketones is 1. The Balaban J connectivity index is 1.84. The predicted molar refractivity (Wildman–Crippen MR) is 101 cm³/mol. The summed E-state index contributed by atoms with van der Waals surface area (Å²) in [5.41, 5.74) is 1.59. The number of Topliss-reactive ketones (excluding diaryl/α,β-unsaturated/α-hetero) is 1. The molecule has 0 spiro atoms. The third-order valence-electron chi connectivity index (χ3n) is 4.79. The normalized spacial score (nSPS) is 19.5. The van der Waals surface area contributed by atoms with Crippen LogP contribution in [-0.4, -0.2) is 35.9 Å². The van der Waals surface area contributed by atoms with E-state index in [0.29, 0.717) is 12.0 Å². The number of anilines is 1. The van der Waals surface area contributed by atoms with E-state index in [4.69, 9.17) is 4.74 Å². The Labute approximate surface area is 154 Å². The van der Waals surface area contributed by atoms with E-state index in [-0.39, 0.29) is 23.8 Å². The molecule has 1 amide bonds. The molecule has 0 radical (unpaired) electrons. The fourth-order valence-electron chi connectivity index (χ4n) is 3.64. The summed E-state index contributed by atoms with van der Waals surface area (Å²) in [4.78, 5) is 25.0. The Hall–Kier alpha value is -2.82. The predicted octanol–water partition coefficient (Wildman–Crippen LogP) is 3.70. The van der Waals surface area contributed by atoms with Crippen molar-refractivity contribution in [2.75, 3.05) is 12.1 Å². The van der Waals surface area contributed by atoms with E-state index in [2.05, 4.69) is 0 Å². The van der Waals surface area contributed by atoms with Crippen LogP contribution in [0.1, 0.15) is 37.0 Å². The van der Waals surface area contributed by atoms with Crippen LogP contribution in [-0.2, 0) is 4.79 Å². The number of methoxy groups -OCH3 is 1. The quantitative estimate of drug-likeness (QED) is 0.770. The first-order valence-corrected chi connectivity index (χ1v) is 8.82. The Kier molecular flexibility index (Phi) is 5.26. The fraction of sp³-hybridized carbons (Fsp3) is 0.333. The van der Waals surface area contributed by atoms with Gasteiger partial charge in [-0.05, 0) is 49.7 Å². The molecule has 2 aromatic rings. The van der Waals surface area contributed by atoms with E-state index >= 15 is 0 Å². The number of hydrazine groups is 1. The fourth-order valence-corrected chi connectivity index (χ4v) is 3.64. The lowest BCUT2D eigenvalue weighted by atomic mass is 10.00. The van der Waals surface area contributed by atoms with E-state index in [0.717, 1.165) is 17.9 Å². The number of ether oxygens (including phenoxy) is 1. The molecule has 1 saturated heterocycles. The van der Waals surface area contributed by atoms with Crippen molar-refractivity contribution in [1.29, 1.82) is 0 Å². The van der Waals surface area contributed by atoms with Crippen LogP contribution in [0.5, 0.6) is 5.75 Å². The van der Waals surface area contributed by atoms with Gasteiger partial charge in [0, 0.05) is 18.9 Å². The second-order valence-corrected chi connectivity index (χ2v) is 6.64. The monoisotopic (exact) mass is 352 g/mol. The van der Waals surface area contributed by atoms with Gasteiger partial charge in [0.15, 0.2) is 5.78 Å². The third-order valence-corrected chi connectivity index (χ3v) is 4.79. The van der Waals surface area contributed by atoms with Crippen molar-refractivity contribution in [3.8, 4) is 5.75 Å². The van der Waals surface area contributed by atoms with Crippen LogP contribution in [0.2, 0.25) is 0 Å². The van der Waals surface area contributed by atoms with Crippen LogP contribution >= 0.6 is 0 Å². The molecule has 0 bridgehead atoms. The van der Waals surface area contributed by atoms with Gasteiger partial charge in [-0.15, -0.1) is 0 Å². The Bertz CT molecular complexity index is 774. The average molecular weight is 352 g/mol. The number of amides is 1. The Morgan fingerprint density at radius 1 is 1.08 bits per heavy atom. The van der Waals surface area contributed by atoms with Gasteiger partial charge in [-0.25, -0.2) is 0 Å². The Morgan fingerprint density at radius 2 is 1.73 bits per heavy atom. The SMILES string of the molecule is COc1ccc(C(=O)CC2CC(C)N(C(C)=O)N2c2ccccc2)cc1. The maximum Gasteiger partial charge on any atom is 0.238 e. The summed E-state index contributed by atoms with van der Waals surface area (Å²) >= 11 is 0. The summed E-state index contributed by atoms with van der Waals surface area (Å²) in [7, 11) is 1.60. The lowest BCUT2D eigenvalue weighted by Crippen LogP contribution is -2.46. The topological polar surface area (TPSA) is 49.9 Å². The lowest BCUT2D eigenvalue weighted by Gasteiger charge is -2.35. The van der Waals surface area contributed by atoms with E-state index in [9.17, 15) is 9.59 Å². The number of carbonyl (C=O) groups is 2. The van der Waals surface area contributed by atoms with Gasteiger partial charge in [-0.2, -0.15) is 0 Å². The molecule has 5 heteroatoms. The number of para-hydroxylation sites is 1. The summed E-state index contributed by atoms with van der Waals surface area (Å²) in [5.74, 6) is 0.779. The molecular formula is C21H24N2O3. The van der Waals surface area contributed by atoms with E-state index in [1.807, 2.05) is 42.3 Å². The largest absolute Gasteiger partial charge is 0.497 e. The van der Waals surface area contributed by atoms with Crippen LogP contribution in [0.15, 0.2) is 54.6 Å². The first-order chi connectivity index (χ1) is 12.5. The molecule has 2 unspecified atom stereocenters. The number of hydrogen-bond acceptors (Lipinski definition) is 4. The second kappa shape index (κ2) is 7.60. The molecule has 0 aliphatic carbocycles. The highest BCUT2D eigenvalue weighted by Gasteiger charge is 2.39. The smallest absolute Gasteiger partial charge is 0.238 e. The summed E-state index contributed by atoms with van der Waals surface area (Å²) < 4.78 is 5.15. The zero-order chi connectivity index (χ0) is 18.7. The van der Waals surface area contributed by atoms with Gasteiger partial charge in [0.05, 0.1) is 24.9 Å². The van der Waals surface area contributed by atoms with Crippen LogP contribution < -0.4 is 9.75 Å². The van der Waals surface area contributed by atoms with Crippen molar-refractivity contribution < 1.29 is 14.3 Å². The molecule has 1 heterocycles. The summed E-state index contributed by atoms with van der Waals surface area (Å²) in [6.07, 6.45) is 1.12. The molecule has 1 aliphatic rings. The van der Waals surface area contributed by atoms with Crippen molar-refractivity contribution in [2.45, 2.75) is 38.8 Å². The molecule has 26 heavy (non-hydrogen) atoms. The van der Waals surface area contributed by atoms with Crippen molar-refractivity contribution >= 4 is 17.4 Å². The van der Waals surface area contributed by atoms with Crippen molar-refractivity contribution in [2.24, 2.45) is 0 Å². The van der Waals surface area contributed by atoms with Gasteiger partial charge in [0.2, 0.25) is 5.91 Å². The van der Waals surface area contributed by atoms with Crippen LogP contribution in [0.3, 0.4) is 0 Å². The molecular weight excluding hydrogens is 328 g/mol. The van der Waals surface area contributed by atoms with E-state index in [1.54, 1.807) is 43.3 Å². The molecule has 1 fully saturated rings. The molecule has 1 aliphatic heterocycles. The van der Waals surface area contributed by atoms with Crippen molar-refractivity contribution in [1.82, 2.24) is 5.01 Å². The first-order valence-electron chi connectivity index (χ1n) is 8.82. The minimum absolute atomic E-state index is 0.0132. The molecule has 5 nitrogen and oxygen atoms in total. The average Bonchev–Trinajstić information content (AvgIpc) is 2.98. The highest BCUT2D eigenvalue weighted by atomic mass is 16.5. The highest BCUT2D eigenvalue weighted by Crippen LogP contribution is 2.33. The molecule has 0 N–H and O–H groups in total. The molecule has 0 saturated carbocycles. The first kappa shape index (κ1) is 18.0. The maximum atomic E-state index is 12.8. The number of nitrogens with zero attached hydrogens (tertiary/aromatic N) is 2. The number of hydrogen-bond donors (Lipinski definition) is 0. The van der Waals surface area contributed by atoms with Crippen molar-refractivity contribution in [3.05, 3.63) is 60.2 Å². The van der Waals surface area contributed by atoms with Crippen LogP contribution in [0, 0.1) is 0 Å². The molecule has 136 valence electrons. The summed E-state index contributed by atoms with van der Waals surface area (Å²) in [6, 6.07) is 16.9. The standard InChI is InChI=1S/C21H24N2O3/c1-15-13-19(14-21(25)17-9-11-20(26-3)12-10-17)23(22(15)16(2)24)18-7-5-4-6-8-18/h4-12,15,19H,13-14H2,1-3H3. The zero-order valence-electron chi connectivity index (χ0n) is 15.4. The number of rotatable bonds is 5. The van der Waals surface area contributed by atoms with Gasteiger partial charge in [-0.1, -0.05) is 18.2 Å². The van der Waals surface area contributed by atoms with Gasteiger partial charge in [0.25, 0.3) is 0 Å². The summed E-state index contributed by atoms with van der Waals surface area (Å²) in [5, 5.41) is 3.75. The lowest BCUT2D eigenvalue weighted by molar-refractivity contribution is -0.130. The minimum atomic E-state index is -0.0501.